The molecule has 1 aliphatic heterocycles. The maximum Gasteiger partial charge on any atom is 0.405 e. The van der Waals surface area contributed by atoms with Crippen LogP contribution in [0.1, 0.15) is 21.5 Å². The lowest BCUT2D eigenvalue weighted by Crippen LogP contribution is -2.34. The quantitative estimate of drug-likeness (QED) is 0.772. The molecule has 1 atom stereocenters. The molecule has 0 saturated carbocycles. The lowest BCUT2D eigenvalue weighted by molar-refractivity contribution is -0.123. The number of alkyl halides is 3. The summed E-state index contributed by atoms with van der Waals surface area (Å²) in [6.07, 6.45) is -4.07. The average molecular weight is 427 g/mol. The molecule has 5 nitrogen and oxygen atoms in total. The van der Waals surface area contributed by atoms with Gasteiger partial charge in [0.2, 0.25) is 5.91 Å². The van der Waals surface area contributed by atoms with Crippen LogP contribution in [0.4, 0.5) is 18.9 Å². The van der Waals surface area contributed by atoms with E-state index in [2.05, 4.69) is 5.32 Å². The maximum absolute atomic E-state index is 12.7. The van der Waals surface area contributed by atoms with Crippen molar-refractivity contribution in [3.05, 3.63) is 58.1 Å². The van der Waals surface area contributed by atoms with Crippen LogP contribution in [0.3, 0.4) is 0 Å². The van der Waals surface area contributed by atoms with Crippen LogP contribution >= 0.6 is 11.6 Å². The fourth-order valence-corrected chi connectivity index (χ4v) is 3.14. The smallest absolute Gasteiger partial charge is 0.405 e. The number of amides is 2. The number of benzene rings is 2. The van der Waals surface area contributed by atoms with Crippen molar-refractivity contribution in [2.24, 2.45) is 5.92 Å². The van der Waals surface area contributed by atoms with Crippen LogP contribution in [0.5, 0.6) is 5.75 Å². The number of anilines is 1. The van der Waals surface area contributed by atoms with E-state index in [1.807, 2.05) is 5.32 Å². The summed E-state index contributed by atoms with van der Waals surface area (Å²) >= 11 is 5.99. The van der Waals surface area contributed by atoms with E-state index in [-0.39, 0.29) is 18.1 Å². The predicted molar refractivity (Wildman–Crippen MR) is 102 cm³/mol. The highest BCUT2D eigenvalue weighted by Crippen LogP contribution is 2.30. The second-order valence-corrected chi connectivity index (χ2v) is 7.22. The minimum Gasteiger partial charge on any atom is -0.492 e. The fraction of sp³-hybridized carbons (Fsp3) is 0.300. The molecule has 0 aliphatic carbocycles. The third-order valence-corrected chi connectivity index (χ3v) is 4.74. The van der Waals surface area contributed by atoms with E-state index in [0.29, 0.717) is 28.4 Å². The van der Waals surface area contributed by atoms with E-state index in [1.165, 1.54) is 12.1 Å². The van der Waals surface area contributed by atoms with Crippen LogP contribution in [0, 0.1) is 12.8 Å². The Hall–Kier alpha value is -2.74. The molecule has 0 aromatic heterocycles. The Morgan fingerprint density at radius 3 is 2.69 bits per heavy atom. The van der Waals surface area contributed by atoms with Crippen LogP contribution < -0.4 is 15.4 Å². The highest BCUT2D eigenvalue weighted by Gasteiger charge is 2.29. The number of aryl methyl sites for hydroxylation is 1. The van der Waals surface area contributed by atoms with Crippen LogP contribution in [-0.4, -0.2) is 31.1 Å². The Morgan fingerprint density at radius 2 is 1.97 bits per heavy atom. The normalized spacial score (nSPS) is 15.8. The van der Waals surface area contributed by atoms with Crippen LogP contribution in [-0.2, 0) is 11.2 Å². The lowest BCUT2D eigenvalue weighted by Gasteiger charge is -2.25. The lowest BCUT2D eigenvalue weighted by atomic mass is 9.95. The number of hydrogen-bond acceptors (Lipinski definition) is 3. The zero-order valence-electron chi connectivity index (χ0n) is 15.4. The molecule has 9 heteroatoms. The summed E-state index contributed by atoms with van der Waals surface area (Å²) in [6.45, 7) is 0.480. The van der Waals surface area contributed by atoms with Gasteiger partial charge in [0.25, 0.3) is 5.91 Å². The maximum atomic E-state index is 12.7. The SMILES string of the molecule is Cc1ccc(C(=O)NCC(F)(F)F)cc1NC(=O)C1COc2ccc(Cl)cc2C1. The van der Waals surface area contributed by atoms with Gasteiger partial charge in [-0.1, -0.05) is 17.7 Å². The average Bonchev–Trinajstić information content (AvgIpc) is 2.66. The summed E-state index contributed by atoms with van der Waals surface area (Å²) in [5, 5.41) is 5.09. The Balaban J connectivity index is 1.69. The van der Waals surface area contributed by atoms with Gasteiger partial charge in [0.1, 0.15) is 18.9 Å². The third kappa shape index (κ3) is 5.41. The van der Waals surface area contributed by atoms with Gasteiger partial charge in [-0.25, -0.2) is 0 Å². The minimum atomic E-state index is -4.50. The molecular formula is C20H18ClF3N2O3. The van der Waals surface area contributed by atoms with Crippen molar-refractivity contribution in [2.75, 3.05) is 18.5 Å². The van der Waals surface area contributed by atoms with Gasteiger partial charge in [-0.15, -0.1) is 0 Å². The second kappa shape index (κ2) is 8.32. The van der Waals surface area contributed by atoms with E-state index < -0.39 is 24.5 Å². The molecule has 0 saturated heterocycles. The van der Waals surface area contributed by atoms with Crippen LogP contribution in [0.25, 0.3) is 0 Å². The molecule has 2 amide bonds. The molecule has 0 radical (unpaired) electrons. The first-order valence-electron chi connectivity index (χ1n) is 8.80. The summed E-state index contributed by atoms with van der Waals surface area (Å²) in [7, 11) is 0. The topological polar surface area (TPSA) is 67.4 Å². The molecule has 154 valence electrons. The van der Waals surface area contributed by atoms with Crippen molar-refractivity contribution in [3.63, 3.8) is 0 Å². The molecule has 1 heterocycles. The van der Waals surface area contributed by atoms with E-state index in [0.717, 1.165) is 5.56 Å². The highest BCUT2D eigenvalue weighted by molar-refractivity contribution is 6.30. The molecule has 2 aromatic carbocycles. The van der Waals surface area contributed by atoms with Gasteiger partial charge >= 0.3 is 6.18 Å². The number of carbonyl (C=O) groups excluding carboxylic acids is 2. The summed E-state index contributed by atoms with van der Waals surface area (Å²) in [4.78, 5) is 24.6. The summed E-state index contributed by atoms with van der Waals surface area (Å²) in [5.74, 6) is -0.977. The van der Waals surface area contributed by atoms with Gasteiger partial charge in [-0.3, -0.25) is 9.59 Å². The first kappa shape index (κ1) is 21.0. The molecule has 2 aromatic rings. The molecular weight excluding hydrogens is 409 g/mol. The van der Waals surface area contributed by atoms with Gasteiger partial charge < -0.3 is 15.4 Å². The van der Waals surface area contributed by atoms with Crippen LogP contribution in [0.2, 0.25) is 5.02 Å². The molecule has 0 spiro atoms. The number of nitrogens with one attached hydrogen (secondary N) is 2. The highest BCUT2D eigenvalue weighted by atomic mass is 35.5. The largest absolute Gasteiger partial charge is 0.492 e. The Bertz CT molecular complexity index is 947. The Morgan fingerprint density at radius 1 is 1.21 bits per heavy atom. The Kier molecular flexibility index (Phi) is 6.02. The molecule has 1 aliphatic rings. The van der Waals surface area contributed by atoms with E-state index >= 15 is 0 Å². The molecule has 3 rings (SSSR count). The molecule has 0 bridgehead atoms. The van der Waals surface area contributed by atoms with Gasteiger partial charge in [0.15, 0.2) is 0 Å². The summed E-state index contributed by atoms with van der Waals surface area (Å²) < 4.78 is 42.5. The number of carbonyl (C=O) groups is 2. The predicted octanol–water partition coefficient (Wildman–Crippen LogP) is 4.13. The number of halogens is 4. The molecule has 1 unspecified atom stereocenters. The van der Waals surface area contributed by atoms with Crippen molar-refractivity contribution in [2.45, 2.75) is 19.5 Å². The first-order valence-corrected chi connectivity index (χ1v) is 9.18. The minimum absolute atomic E-state index is 0.0205. The number of rotatable bonds is 4. The zero-order valence-corrected chi connectivity index (χ0v) is 16.2. The number of hydrogen-bond donors (Lipinski definition) is 2. The molecule has 0 fully saturated rings. The van der Waals surface area contributed by atoms with Gasteiger partial charge in [0, 0.05) is 16.3 Å². The van der Waals surface area contributed by atoms with Crippen molar-refractivity contribution < 1.29 is 27.5 Å². The summed E-state index contributed by atoms with van der Waals surface area (Å²) in [5.41, 5.74) is 1.87. The molecule has 2 N–H and O–H groups in total. The molecule has 29 heavy (non-hydrogen) atoms. The van der Waals surface area contributed by atoms with E-state index in [1.54, 1.807) is 31.2 Å². The van der Waals surface area contributed by atoms with E-state index in [4.69, 9.17) is 16.3 Å². The van der Waals surface area contributed by atoms with Crippen LogP contribution in [0.15, 0.2) is 36.4 Å². The van der Waals surface area contributed by atoms with Crippen molar-refractivity contribution in [1.29, 1.82) is 0 Å². The zero-order chi connectivity index (χ0) is 21.2. The van der Waals surface area contributed by atoms with Gasteiger partial charge in [-0.2, -0.15) is 13.2 Å². The third-order valence-electron chi connectivity index (χ3n) is 4.51. The van der Waals surface area contributed by atoms with Crippen molar-refractivity contribution >= 4 is 29.1 Å². The van der Waals surface area contributed by atoms with E-state index in [9.17, 15) is 22.8 Å². The fourth-order valence-electron chi connectivity index (χ4n) is 2.95. The monoisotopic (exact) mass is 426 g/mol. The first-order chi connectivity index (χ1) is 13.6. The Labute approximate surface area is 170 Å². The van der Waals surface area contributed by atoms with Crippen molar-refractivity contribution in [1.82, 2.24) is 5.32 Å². The summed E-state index contributed by atoms with van der Waals surface area (Å²) in [6, 6.07) is 9.52. The number of fused-ring (bicyclic) bond motifs is 1. The standard InChI is InChI=1S/C20H18ClF3N2O3/c1-11-2-3-12(18(27)25-10-20(22,23)24)8-16(11)26-19(28)14-6-13-7-15(21)4-5-17(13)29-9-14/h2-5,7-8,14H,6,9-10H2,1H3,(H,25,27)(H,26,28). The van der Waals surface area contributed by atoms with Crippen molar-refractivity contribution in [3.8, 4) is 5.75 Å². The number of ether oxygens (including phenoxy) is 1. The second-order valence-electron chi connectivity index (χ2n) is 6.78. The van der Waals surface area contributed by atoms with Gasteiger partial charge in [0.05, 0.1) is 5.92 Å². The van der Waals surface area contributed by atoms with Gasteiger partial charge in [-0.05, 0) is 54.8 Å².